The van der Waals surface area contributed by atoms with Crippen LogP contribution in [0.4, 0.5) is 10.1 Å². The van der Waals surface area contributed by atoms with Crippen molar-refractivity contribution in [3.63, 3.8) is 0 Å². The summed E-state index contributed by atoms with van der Waals surface area (Å²) >= 11 is 0. The SMILES string of the molecule is [C-]#[N+]c1c(F)ccc2c1CCC2CN1CCN(C(=O)Cc2ccc(-n3cnnn3)cc2)CC1. The number of tetrazole rings is 1. The Morgan fingerprint density at radius 3 is 2.61 bits per heavy atom. The number of hydrogen-bond donors (Lipinski definition) is 0. The molecule has 1 amide bonds. The van der Waals surface area contributed by atoms with Crippen LogP contribution in [0.1, 0.15) is 29.0 Å². The highest BCUT2D eigenvalue weighted by Crippen LogP contribution is 2.40. The van der Waals surface area contributed by atoms with Crippen LogP contribution in [0.25, 0.3) is 10.5 Å². The fraction of sp³-hybridized carbons (Fsp3) is 0.375. The Hall–Kier alpha value is -3.64. The number of carbonyl (C=O) groups is 1. The summed E-state index contributed by atoms with van der Waals surface area (Å²) in [6.07, 6.45) is 3.61. The quantitative estimate of drug-likeness (QED) is 0.565. The van der Waals surface area contributed by atoms with E-state index in [-0.39, 0.29) is 11.6 Å². The van der Waals surface area contributed by atoms with Gasteiger partial charge in [-0.1, -0.05) is 23.8 Å². The van der Waals surface area contributed by atoms with Crippen LogP contribution in [0.2, 0.25) is 0 Å². The zero-order valence-corrected chi connectivity index (χ0v) is 18.2. The number of aromatic nitrogens is 4. The maximum atomic E-state index is 13.9. The molecule has 1 aliphatic carbocycles. The fourth-order valence-electron chi connectivity index (χ4n) is 4.88. The molecule has 2 heterocycles. The molecule has 0 spiro atoms. The highest BCUT2D eigenvalue weighted by molar-refractivity contribution is 5.79. The molecule has 1 atom stereocenters. The van der Waals surface area contributed by atoms with Crippen LogP contribution in [-0.4, -0.2) is 68.6 Å². The molecule has 1 aromatic heterocycles. The number of rotatable bonds is 5. The second-order valence-electron chi connectivity index (χ2n) is 8.59. The molecule has 1 aliphatic heterocycles. The van der Waals surface area contributed by atoms with Crippen LogP contribution < -0.4 is 0 Å². The van der Waals surface area contributed by atoms with Crippen molar-refractivity contribution < 1.29 is 9.18 Å². The van der Waals surface area contributed by atoms with E-state index >= 15 is 0 Å². The second-order valence-corrected chi connectivity index (χ2v) is 8.59. The predicted octanol–water partition coefficient (Wildman–Crippen LogP) is 2.77. The maximum Gasteiger partial charge on any atom is 0.227 e. The number of amides is 1. The van der Waals surface area contributed by atoms with E-state index < -0.39 is 5.82 Å². The third-order valence-corrected chi connectivity index (χ3v) is 6.67. The van der Waals surface area contributed by atoms with Crippen molar-refractivity contribution in [2.45, 2.75) is 25.2 Å². The number of carbonyl (C=O) groups excluding carboxylic acids is 1. The lowest BCUT2D eigenvalue weighted by atomic mass is 9.99. The summed E-state index contributed by atoms with van der Waals surface area (Å²) in [5, 5.41) is 11.1. The van der Waals surface area contributed by atoms with Crippen LogP contribution in [0, 0.1) is 12.4 Å². The molecule has 5 rings (SSSR count). The summed E-state index contributed by atoms with van der Waals surface area (Å²) in [5.74, 6) is 0.0387. The van der Waals surface area contributed by atoms with E-state index in [9.17, 15) is 9.18 Å². The normalized spacial score (nSPS) is 18.2. The predicted molar refractivity (Wildman–Crippen MR) is 120 cm³/mol. The van der Waals surface area contributed by atoms with Crippen molar-refractivity contribution in [1.29, 1.82) is 0 Å². The van der Waals surface area contributed by atoms with Gasteiger partial charge >= 0.3 is 0 Å². The molecular formula is C24H24FN7O. The molecule has 0 bridgehead atoms. The number of fused-ring (bicyclic) bond motifs is 1. The van der Waals surface area contributed by atoms with Crippen LogP contribution >= 0.6 is 0 Å². The Labute approximate surface area is 191 Å². The lowest BCUT2D eigenvalue weighted by Gasteiger charge is -2.36. The lowest BCUT2D eigenvalue weighted by molar-refractivity contribution is -0.132. The summed E-state index contributed by atoms with van der Waals surface area (Å²) in [6, 6.07) is 11.0. The molecule has 0 saturated carbocycles. The highest BCUT2D eigenvalue weighted by Gasteiger charge is 2.29. The zero-order valence-electron chi connectivity index (χ0n) is 18.2. The summed E-state index contributed by atoms with van der Waals surface area (Å²) < 4.78 is 15.5. The van der Waals surface area contributed by atoms with Gasteiger partial charge in [0.1, 0.15) is 12.1 Å². The van der Waals surface area contributed by atoms with Crippen molar-refractivity contribution in [3.8, 4) is 5.69 Å². The molecule has 1 unspecified atom stereocenters. The van der Waals surface area contributed by atoms with Gasteiger partial charge in [0.2, 0.25) is 11.6 Å². The molecule has 1 fully saturated rings. The van der Waals surface area contributed by atoms with E-state index in [4.69, 9.17) is 6.57 Å². The molecular weight excluding hydrogens is 421 g/mol. The van der Waals surface area contributed by atoms with Gasteiger partial charge in [-0.2, -0.15) is 0 Å². The van der Waals surface area contributed by atoms with Crippen LogP contribution in [-0.2, 0) is 17.6 Å². The van der Waals surface area contributed by atoms with Gasteiger partial charge in [-0.25, -0.2) is 13.9 Å². The standard InChI is InChI=1S/C24H24FN7O/c1-26-24-21-7-4-18(20(21)8-9-22(24)25)15-30-10-12-31(13-11-30)23(33)14-17-2-5-19(6-3-17)32-16-27-28-29-32/h2-3,5-6,8-9,16,18H,4,7,10-15H2. The minimum Gasteiger partial charge on any atom is -0.340 e. The monoisotopic (exact) mass is 445 g/mol. The van der Waals surface area contributed by atoms with Crippen LogP contribution in [0.15, 0.2) is 42.7 Å². The molecule has 0 radical (unpaired) electrons. The molecule has 3 aromatic rings. The summed E-state index contributed by atoms with van der Waals surface area (Å²) in [4.78, 5) is 20.5. The number of piperazine rings is 1. The average Bonchev–Trinajstić information content (AvgIpc) is 3.51. The number of benzene rings is 2. The van der Waals surface area contributed by atoms with Crippen molar-refractivity contribution >= 4 is 11.6 Å². The summed E-state index contributed by atoms with van der Waals surface area (Å²) in [6.45, 7) is 11.2. The molecule has 0 N–H and O–H groups in total. The Balaban J connectivity index is 1.14. The average molecular weight is 446 g/mol. The van der Waals surface area contributed by atoms with E-state index in [1.807, 2.05) is 35.2 Å². The molecule has 33 heavy (non-hydrogen) atoms. The number of halogens is 1. The topological polar surface area (TPSA) is 71.5 Å². The van der Waals surface area contributed by atoms with E-state index in [0.717, 1.165) is 54.9 Å². The Morgan fingerprint density at radius 2 is 1.91 bits per heavy atom. The lowest BCUT2D eigenvalue weighted by Crippen LogP contribution is -2.49. The summed E-state index contributed by atoms with van der Waals surface area (Å²) in [7, 11) is 0. The first-order valence-electron chi connectivity index (χ1n) is 11.1. The van der Waals surface area contributed by atoms with Gasteiger partial charge in [-0.05, 0) is 58.5 Å². The molecule has 1 saturated heterocycles. The smallest absolute Gasteiger partial charge is 0.227 e. The van der Waals surface area contributed by atoms with Gasteiger partial charge in [-0.15, -0.1) is 5.10 Å². The first-order valence-corrected chi connectivity index (χ1v) is 11.1. The Morgan fingerprint density at radius 1 is 1.12 bits per heavy atom. The van der Waals surface area contributed by atoms with Crippen LogP contribution in [0.3, 0.4) is 0 Å². The molecule has 2 aliphatic rings. The van der Waals surface area contributed by atoms with Gasteiger partial charge in [-0.3, -0.25) is 9.69 Å². The minimum atomic E-state index is -0.415. The van der Waals surface area contributed by atoms with Crippen molar-refractivity contribution in [1.82, 2.24) is 30.0 Å². The van der Waals surface area contributed by atoms with Crippen molar-refractivity contribution in [2.24, 2.45) is 0 Å². The highest BCUT2D eigenvalue weighted by atomic mass is 19.1. The second kappa shape index (κ2) is 9.08. The third kappa shape index (κ3) is 4.34. The molecule has 8 nitrogen and oxygen atoms in total. The first kappa shape index (κ1) is 21.2. The maximum absolute atomic E-state index is 13.9. The zero-order chi connectivity index (χ0) is 22.8. The van der Waals surface area contributed by atoms with Gasteiger partial charge in [0.15, 0.2) is 0 Å². The van der Waals surface area contributed by atoms with E-state index in [0.29, 0.717) is 25.4 Å². The van der Waals surface area contributed by atoms with Gasteiger partial charge in [0, 0.05) is 32.7 Å². The third-order valence-electron chi connectivity index (χ3n) is 6.67. The van der Waals surface area contributed by atoms with Crippen molar-refractivity contribution in [2.75, 3.05) is 32.7 Å². The van der Waals surface area contributed by atoms with Gasteiger partial charge in [0.05, 0.1) is 18.7 Å². The Bertz CT molecular complexity index is 1180. The Kier molecular flexibility index (Phi) is 5.84. The van der Waals surface area contributed by atoms with Gasteiger partial charge < -0.3 is 4.90 Å². The van der Waals surface area contributed by atoms with Gasteiger partial charge in [0.25, 0.3) is 0 Å². The number of hydrogen-bond acceptors (Lipinski definition) is 5. The van der Waals surface area contributed by atoms with E-state index in [2.05, 4.69) is 25.3 Å². The largest absolute Gasteiger partial charge is 0.340 e. The molecule has 9 heteroatoms. The van der Waals surface area contributed by atoms with Crippen molar-refractivity contribution in [3.05, 3.63) is 76.7 Å². The fourth-order valence-corrected chi connectivity index (χ4v) is 4.88. The van der Waals surface area contributed by atoms with Crippen LogP contribution in [0.5, 0.6) is 0 Å². The summed E-state index contributed by atoms with van der Waals surface area (Å²) in [5.41, 5.74) is 4.01. The number of nitrogens with zero attached hydrogens (tertiary/aromatic N) is 7. The van der Waals surface area contributed by atoms with E-state index in [1.165, 1.54) is 12.4 Å². The minimum absolute atomic E-state index is 0.133. The molecule has 168 valence electrons. The molecule has 2 aromatic carbocycles. The van der Waals surface area contributed by atoms with E-state index in [1.54, 1.807) is 4.68 Å². The first-order chi connectivity index (χ1) is 16.1.